The van der Waals surface area contributed by atoms with Gasteiger partial charge < -0.3 is 0 Å². The molecule has 0 aliphatic heterocycles. The summed E-state index contributed by atoms with van der Waals surface area (Å²) < 4.78 is 0. The Morgan fingerprint density at radius 1 is 1.33 bits per heavy atom. The molecule has 1 nitrogen and oxygen atoms in total. The minimum atomic E-state index is 0.208. The summed E-state index contributed by atoms with van der Waals surface area (Å²) in [4.78, 5) is 12.0. The molecule has 0 fully saturated rings. The van der Waals surface area contributed by atoms with Gasteiger partial charge in [-0.05, 0) is 36.0 Å². The van der Waals surface area contributed by atoms with Gasteiger partial charge in [0.2, 0.25) is 0 Å². The van der Waals surface area contributed by atoms with E-state index in [0.717, 1.165) is 18.4 Å². The van der Waals surface area contributed by atoms with E-state index in [2.05, 4.69) is 32.0 Å². The lowest BCUT2D eigenvalue weighted by atomic mass is 9.82. The fourth-order valence-corrected chi connectivity index (χ4v) is 2.17. The first kappa shape index (κ1) is 10.4. The van der Waals surface area contributed by atoms with E-state index in [-0.39, 0.29) is 5.92 Å². The molecule has 2 rings (SSSR count). The van der Waals surface area contributed by atoms with Crippen LogP contribution in [0.4, 0.5) is 0 Å². The van der Waals surface area contributed by atoms with E-state index in [0.29, 0.717) is 11.7 Å². The van der Waals surface area contributed by atoms with Crippen LogP contribution < -0.4 is 0 Å². The number of benzene rings is 1. The van der Waals surface area contributed by atoms with Gasteiger partial charge in [-0.1, -0.05) is 32.9 Å². The van der Waals surface area contributed by atoms with Crippen molar-refractivity contribution >= 4 is 5.78 Å². The molecule has 0 N–H and O–H groups in total. The van der Waals surface area contributed by atoms with E-state index < -0.39 is 0 Å². The monoisotopic (exact) mass is 202 g/mol. The smallest absolute Gasteiger partial charge is 0.165 e. The number of rotatable bonds is 1. The van der Waals surface area contributed by atoms with Crippen LogP contribution >= 0.6 is 0 Å². The van der Waals surface area contributed by atoms with Gasteiger partial charge in [-0.25, -0.2) is 0 Å². The number of hydrogen-bond acceptors (Lipinski definition) is 1. The van der Waals surface area contributed by atoms with Gasteiger partial charge in [0.15, 0.2) is 5.78 Å². The molecule has 15 heavy (non-hydrogen) atoms. The van der Waals surface area contributed by atoms with Gasteiger partial charge in [0.1, 0.15) is 0 Å². The lowest BCUT2D eigenvalue weighted by molar-refractivity contribution is 0.0913. The summed E-state index contributed by atoms with van der Waals surface area (Å²) >= 11 is 0. The van der Waals surface area contributed by atoms with Gasteiger partial charge in [-0.3, -0.25) is 4.79 Å². The van der Waals surface area contributed by atoms with Crippen LogP contribution in [0.15, 0.2) is 18.2 Å². The average molecular weight is 202 g/mol. The molecule has 0 saturated carbocycles. The van der Waals surface area contributed by atoms with Crippen molar-refractivity contribution in [1.82, 2.24) is 0 Å². The van der Waals surface area contributed by atoms with Crippen molar-refractivity contribution in [1.29, 1.82) is 0 Å². The fourth-order valence-electron chi connectivity index (χ4n) is 2.17. The lowest BCUT2D eigenvalue weighted by Crippen LogP contribution is -2.20. The minimum absolute atomic E-state index is 0.208. The van der Waals surface area contributed by atoms with Gasteiger partial charge in [-0.2, -0.15) is 0 Å². The maximum Gasteiger partial charge on any atom is 0.165 e. The molecule has 0 spiro atoms. The molecule has 1 atom stereocenters. The summed E-state index contributed by atoms with van der Waals surface area (Å²) in [5.41, 5.74) is 3.48. The van der Waals surface area contributed by atoms with Crippen LogP contribution in [-0.4, -0.2) is 5.78 Å². The maximum absolute atomic E-state index is 12.0. The van der Waals surface area contributed by atoms with Crippen LogP contribution in [0, 0.1) is 5.92 Å². The van der Waals surface area contributed by atoms with Crippen molar-refractivity contribution in [3.05, 3.63) is 34.9 Å². The third kappa shape index (κ3) is 1.83. The highest BCUT2D eigenvalue weighted by Gasteiger charge is 2.23. The third-order valence-corrected chi connectivity index (χ3v) is 3.36. The number of hydrogen-bond donors (Lipinski definition) is 0. The second kappa shape index (κ2) is 3.80. The number of carbonyl (C=O) groups excluding carboxylic acids is 1. The summed E-state index contributed by atoms with van der Waals surface area (Å²) in [6.07, 6.45) is 2.06. The second-order valence-electron chi connectivity index (χ2n) is 4.88. The number of aryl methyl sites for hydroxylation is 1. The van der Waals surface area contributed by atoms with Gasteiger partial charge in [0, 0.05) is 11.5 Å². The molecule has 80 valence electrons. The molecule has 1 heteroatoms. The van der Waals surface area contributed by atoms with Gasteiger partial charge in [0.05, 0.1) is 0 Å². The highest BCUT2D eigenvalue weighted by atomic mass is 16.1. The second-order valence-corrected chi connectivity index (χ2v) is 4.88. The molecule has 0 radical (unpaired) electrons. The summed E-state index contributed by atoms with van der Waals surface area (Å²) in [6, 6.07) is 6.39. The summed E-state index contributed by atoms with van der Waals surface area (Å²) in [7, 11) is 0. The van der Waals surface area contributed by atoms with Gasteiger partial charge in [0.25, 0.3) is 0 Å². The molecule has 0 heterocycles. The molecule has 1 unspecified atom stereocenters. The highest BCUT2D eigenvalue weighted by molar-refractivity contribution is 6.00. The molecule has 1 aromatic carbocycles. The number of fused-ring (bicyclic) bond motifs is 1. The van der Waals surface area contributed by atoms with Crippen molar-refractivity contribution in [2.24, 2.45) is 5.92 Å². The largest absolute Gasteiger partial charge is 0.294 e. The zero-order valence-electron chi connectivity index (χ0n) is 9.71. The Hall–Kier alpha value is -1.11. The first-order valence-electron chi connectivity index (χ1n) is 5.76. The average Bonchev–Trinajstić information content (AvgIpc) is 2.23. The first-order chi connectivity index (χ1) is 7.09. The molecule has 0 amide bonds. The first-order valence-corrected chi connectivity index (χ1v) is 5.76. The summed E-state index contributed by atoms with van der Waals surface area (Å²) in [5.74, 6) is 1.04. The molecule has 0 bridgehead atoms. The molecular weight excluding hydrogens is 184 g/mol. The highest BCUT2D eigenvalue weighted by Crippen LogP contribution is 2.28. The van der Waals surface area contributed by atoms with Crippen LogP contribution in [0.1, 0.15) is 54.6 Å². The Morgan fingerprint density at radius 3 is 2.73 bits per heavy atom. The molecular formula is C14H18O. The summed E-state index contributed by atoms with van der Waals surface area (Å²) in [6.45, 7) is 6.37. The fraction of sp³-hybridized carbons (Fsp3) is 0.500. The minimum Gasteiger partial charge on any atom is -0.294 e. The van der Waals surface area contributed by atoms with E-state index in [9.17, 15) is 4.79 Å². The topological polar surface area (TPSA) is 17.1 Å². The van der Waals surface area contributed by atoms with Crippen molar-refractivity contribution < 1.29 is 4.79 Å². The predicted molar refractivity (Wildman–Crippen MR) is 62.3 cm³/mol. The zero-order valence-corrected chi connectivity index (χ0v) is 9.71. The Kier molecular flexibility index (Phi) is 2.64. The Labute approximate surface area is 91.5 Å². The Morgan fingerprint density at radius 2 is 2.07 bits per heavy atom. The van der Waals surface area contributed by atoms with E-state index in [1.165, 1.54) is 11.1 Å². The normalized spacial score (nSPS) is 20.5. The van der Waals surface area contributed by atoms with Gasteiger partial charge >= 0.3 is 0 Å². The van der Waals surface area contributed by atoms with Crippen LogP contribution in [-0.2, 0) is 6.42 Å². The SMILES string of the molecule is CC1CCc2ccc(C(C)C)cc2C1=O. The van der Waals surface area contributed by atoms with Crippen molar-refractivity contribution in [3.8, 4) is 0 Å². The molecule has 0 aromatic heterocycles. The van der Waals surface area contributed by atoms with E-state index >= 15 is 0 Å². The van der Waals surface area contributed by atoms with E-state index in [4.69, 9.17) is 0 Å². The quantitative estimate of drug-likeness (QED) is 0.680. The van der Waals surface area contributed by atoms with E-state index in [1.807, 2.05) is 6.92 Å². The molecule has 1 aliphatic rings. The predicted octanol–water partition coefficient (Wildman–Crippen LogP) is 3.58. The standard InChI is InChI=1S/C14H18O/c1-9(2)12-7-6-11-5-4-10(3)14(15)13(11)8-12/h6-10H,4-5H2,1-3H3. The van der Waals surface area contributed by atoms with E-state index in [1.54, 1.807) is 0 Å². The van der Waals surface area contributed by atoms with Crippen molar-refractivity contribution in [2.45, 2.75) is 39.5 Å². The zero-order chi connectivity index (χ0) is 11.0. The van der Waals surface area contributed by atoms with Crippen molar-refractivity contribution in [2.75, 3.05) is 0 Å². The molecule has 1 aromatic rings. The number of Topliss-reactive ketones (excluding diaryl/α,β-unsaturated/α-hetero) is 1. The van der Waals surface area contributed by atoms with Gasteiger partial charge in [-0.15, -0.1) is 0 Å². The maximum atomic E-state index is 12.0. The molecule has 0 saturated heterocycles. The van der Waals surface area contributed by atoms with Crippen LogP contribution in [0.25, 0.3) is 0 Å². The third-order valence-electron chi connectivity index (χ3n) is 3.36. The Balaban J connectivity index is 2.46. The van der Waals surface area contributed by atoms with Crippen molar-refractivity contribution in [3.63, 3.8) is 0 Å². The summed E-state index contributed by atoms with van der Waals surface area (Å²) in [5, 5.41) is 0. The van der Waals surface area contributed by atoms with Crippen LogP contribution in [0.5, 0.6) is 0 Å². The lowest BCUT2D eigenvalue weighted by Gasteiger charge is -2.21. The van der Waals surface area contributed by atoms with Crippen LogP contribution in [0.3, 0.4) is 0 Å². The molecule has 1 aliphatic carbocycles. The van der Waals surface area contributed by atoms with Crippen LogP contribution in [0.2, 0.25) is 0 Å². The number of carbonyl (C=O) groups is 1. The Bertz CT molecular complexity index is 390. The number of ketones is 1.